The van der Waals surface area contributed by atoms with E-state index >= 15 is 8.63 Å². The van der Waals surface area contributed by atoms with Gasteiger partial charge in [0.15, 0.2) is 11.4 Å². The van der Waals surface area contributed by atoms with Crippen LogP contribution in [0.5, 0.6) is 0 Å². The van der Waals surface area contributed by atoms with Gasteiger partial charge in [-0.25, -0.2) is 0 Å². The maximum absolute atomic E-state index is 18.1. The van der Waals surface area contributed by atoms with Crippen molar-refractivity contribution >= 4 is 29.5 Å². The molecular weight excluding hydrogens is 593 g/mol. The van der Waals surface area contributed by atoms with Gasteiger partial charge in [0.2, 0.25) is 0 Å². The Labute approximate surface area is 281 Å². The Hall–Kier alpha value is -5.29. The highest BCUT2D eigenvalue weighted by Gasteiger charge is 2.64. The first-order valence-corrected chi connectivity index (χ1v) is 16.7. The van der Waals surface area contributed by atoms with Gasteiger partial charge >= 0.3 is 6.97 Å². The molecule has 0 radical (unpaired) electrons. The van der Waals surface area contributed by atoms with Crippen LogP contribution < -0.4 is 0 Å². The van der Waals surface area contributed by atoms with Crippen LogP contribution in [-0.4, -0.2) is 28.0 Å². The quantitative estimate of drug-likeness (QED) is 0.175. The molecule has 2 atom stereocenters. The Kier molecular flexibility index (Phi) is 7.17. The first-order chi connectivity index (χ1) is 23.2. The molecule has 0 aromatic heterocycles. The fourth-order valence-electron chi connectivity index (χ4n) is 7.67. The van der Waals surface area contributed by atoms with Crippen molar-refractivity contribution in [2.24, 2.45) is 0 Å². The van der Waals surface area contributed by atoms with Crippen molar-refractivity contribution in [3.05, 3.63) is 197 Å². The average Bonchev–Trinajstić information content (AvgIpc) is 3.72. The summed E-state index contributed by atoms with van der Waals surface area (Å²) in [6.45, 7) is 2.27. The summed E-state index contributed by atoms with van der Waals surface area (Å²) < 4.78 is 37.5. The Morgan fingerprint density at radius 2 is 1.12 bits per heavy atom. The van der Waals surface area contributed by atoms with E-state index in [0.717, 1.165) is 39.0 Å². The SMILES string of the molecule is CC(C)(C)c1ccc(C2=C3C(c4ccccc4)=CC(c4ccccc4)=[N+]3[B-](F)(F)N3C(c4ccccc4)=CC(c4ccccc4)C23)cc1. The van der Waals surface area contributed by atoms with Gasteiger partial charge < -0.3 is 17.9 Å². The number of allylic oxidation sites excluding steroid dienone is 2. The monoisotopic (exact) mass is 630 g/mol. The van der Waals surface area contributed by atoms with Crippen molar-refractivity contribution in [2.45, 2.75) is 38.1 Å². The van der Waals surface area contributed by atoms with Crippen LogP contribution in [0.25, 0.3) is 16.8 Å². The van der Waals surface area contributed by atoms with Gasteiger partial charge in [0, 0.05) is 34.9 Å². The number of benzene rings is 5. The van der Waals surface area contributed by atoms with Gasteiger partial charge in [-0.05, 0) is 45.4 Å². The molecule has 0 amide bonds. The van der Waals surface area contributed by atoms with E-state index in [2.05, 4.69) is 63.2 Å². The van der Waals surface area contributed by atoms with E-state index in [1.54, 1.807) is 0 Å². The molecular formula is C43H37BF2N2. The number of hydrogen-bond donors (Lipinski definition) is 0. The van der Waals surface area contributed by atoms with Crippen LogP contribution in [-0.2, 0) is 5.41 Å². The van der Waals surface area contributed by atoms with Crippen molar-refractivity contribution < 1.29 is 13.1 Å². The zero-order valence-electron chi connectivity index (χ0n) is 27.4. The predicted octanol–water partition coefficient (Wildman–Crippen LogP) is 10.2. The lowest BCUT2D eigenvalue weighted by Crippen LogP contribution is -2.61. The molecule has 3 aliphatic rings. The number of halogens is 2. The van der Waals surface area contributed by atoms with Gasteiger partial charge in [-0.15, -0.1) is 0 Å². The second-order valence-electron chi connectivity index (χ2n) is 13.9. The van der Waals surface area contributed by atoms with Crippen molar-refractivity contribution in [2.75, 3.05) is 0 Å². The summed E-state index contributed by atoms with van der Waals surface area (Å²) in [5.74, 6) is -0.307. The third-order valence-corrected chi connectivity index (χ3v) is 9.96. The lowest BCUT2D eigenvalue weighted by Gasteiger charge is -2.47. The van der Waals surface area contributed by atoms with Crippen molar-refractivity contribution in [1.82, 2.24) is 4.81 Å². The molecule has 0 aliphatic carbocycles. The molecule has 2 nitrogen and oxygen atoms in total. The van der Waals surface area contributed by atoms with Crippen molar-refractivity contribution in [3.8, 4) is 0 Å². The molecule has 0 bridgehead atoms. The van der Waals surface area contributed by atoms with Crippen LogP contribution in [0, 0.1) is 0 Å². The first-order valence-electron chi connectivity index (χ1n) is 16.7. The lowest BCUT2D eigenvalue weighted by atomic mass is 9.74. The van der Waals surface area contributed by atoms with Crippen LogP contribution in [0.1, 0.15) is 60.1 Å². The van der Waals surface area contributed by atoms with Gasteiger partial charge in [0.05, 0.1) is 5.57 Å². The maximum Gasteiger partial charge on any atom is 0.734 e. The number of rotatable bonds is 5. The van der Waals surface area contributed by atoms with Gasteiger partial charge in [0.1, 0.15) is 0 Å². The second-order valence-corrected chi connectivity index (χ2v) is 13.9. The molecule has 2 unspecified atom stereocenters. The van der Waals surface area contributed by atoms with Crippen LogP contribution in [0.15, 0.2) is 163 Å². The minimum absolute atomic E-state index is 0.0458. The highest BCUT2D eigenvalue weighted by molar-refractivity contribution is 6.59. The Balaban J connectivity index is 1.49. The summed E-state index contributed by atoms with van der Waals surface area (Å²) in [5.41, 5.74) is 8.93. The molecule has 0 fully saturated rings. The summed E-state index contributed by atoms with van der Waals surface area (Å²) in [4.78, 5) is 1.45. The van der Waals surface area contributed by atoms with Crippen LogP contribution in [0.4, 0.5) is 8.63 Å². The summed E-state index contributed by atoms with van der Waals surface area (Å²) in [5, 5.41) is 0. The average molecular weight is 631 g/mol. The number of nitrogens with zero attached hydrogens (tertiary/aromatic N) is 2. The van der Waals surface area contributed by atoms with E-state index in [1.807, 2.05) is 115 Å². The summed E-state index contributed by atoms with van der Waals surface area (Å²) in [7, 11) is 0. The molecule has 8 rings (SSSR count). The molecule has 0 saturated heterocycles. The molecule has 3 aliphatic heterocycles. The van der Waals surface area contributed by atoms with Crippen LogP contribution >= 0.6 is 0 Å². The second kappa shape index (κ2) is 11.4. The van der Waals surface area contributed by atoms with E-state index in [4.69, 9.17) is 0 Å². The van der Waals surface area contributed by atoms with Crippen molar-refractivity contribution in [1.29, 1.82) is 0 Å². The first kappa shape index (κ1) is 30.1. The molecule has 5 aromatic carbocycles. The van der Waals surface area contributed by atoms with Gasteiger partial charge in [-0.2, -0.15) is 0 Å². The van der Waals surface area contributed by atoms with E-state index in [9.17, 15) is 0 Å². The van der Waals surface area contributed by atoms with Gasteiger partial charge in [-0.1, -0.05) is 160 Å². The molecule has 3 heterocycles. The molecule has 236 valence electrons. The Morgan fingerprint density at radius 1 is 0.604 bits per heavy atom. The highest BCUT2D eigenvalue weighted by atomic mass is 19.2. The molecule has 5 heteroatoms. The fourth-order valence-corrected chi connectivity index (χ4v) is 7.67. The highest BCUT2D eigenvalue weighted by Crippen LogP contribution is 2.55. The predicted molar refractivity (Wildman–Crippen MR) is 194 cm³/mol. The zero-order chi connectivity index (χ0) is 33.0. The summed E-state index contributed by atoms with van der Waals surface area (Å²) in [6.07, 6.45) is 4.05. The van der Waals surface area contributed by atoms with Crippen LogP contribution in [0.2, 0.25) is 0 Å². The topological polar surface area (TPSA) is 6.25 Å². The summed E-state index contributed by atoms with van der Waals surface area (Å²) in [6, 6.07) is 47.4. The smallest absolute Gasteiger partial charge is 0.413 e. The van der Waals surface area contributed by atoms with E-state index in [0.29, 0.717) is 17.1 Å². The molecule has 5 aromatic rings. The number of hydrogen-bond acceptors (Lipinski definition) is 1. The fraction of sp³-hybridized carbons (Fsp3) is 0.140. The normalized spacial score (nSPS) is 20.0. The van der Waals surface area contributed by atoms with Crippen LogP contribution in [0.3, 0.4) is 0 Å². The molecule has 0 N–H and O–H groups in total. The molecule has 48 heavy (non-hydrogen) atoms. The van der Waals surface area contributed by atoms with Crippen molar-refractivity contribution in [3.63, 3.8) is 0 Å². The van der Waals surface area contributed by atoms with Gasteiger partial charge in [0.25, 0.3) is 0 Å². The van der Waals surface area contributed by atoms with E-state index in [-0.39, 0.29) is 11.3 Å². The third-order valence-electron chi connectivity index (χ3n) is 9.96. The zero-order valence-corrected chi connectivity index (χ0v) is 27.4. The largest absolute Gasteiger partial charge is 0.734 e. The standard InChI is InChI=1S/C43H37BF2N2/c1-43(2,3)35-26-24-34(25-27-35)40-41-36(30-16-8-4-9-17-30)28-38(32-20-12-6-13-21-32)47(41)44(45,46)48-39(33-22-14-7-15-23-33)29-37(42(40)48)31-18-10-5-11-19-31/h4-29,36,41H,1-3H3. The Bertz CT molecular complexity index is 2110. The minimum atomic E-state index is -4.33. The molecule has 0 saturated carbocycles. The Morgan fingerprint density at radius 3 is 1.69 bits per heavy atom. The van der Waals surface area contributed by atoms with E-state index < -0.39 is 13.0 Å². The lowest BCUT2D eigenvalue weighted by molar-refractivity contribution is -0.370. The van der Waals surface area contributed by atoms with E-state index in [1.165, 1.54) is 14.9 Å². The number of fused-ring (bicyclic) bond motifs is 2. The minimum Gasteiger partial charge on any atom is -0.413 e. The molecule has 0 spiro atoms. The summed E-state index contributed by atoms with van der Waals surface area (Å²) >= 11 is 0. The van der Waals surface area contributed by atoms with Gasteiger partial charge in [-0.3, -0.25) is 0 Å². The maximum atomic E-state index is 18.1. The third kappa shape index (κ3) is 4.88.